The zero-order valence-electron chi connectivity index (χ0n) is 24.6. The number of unbranched alkanes of at least 4 members (excludes halogenated alkanes) is 20. The Kier molecular flexibility index (Phi) is 32.4. The highest BCUT2D eigenvalue weighted by Crippen LogP contribution is 2.20. The van der Waals surface area contributed by atoms with Crippen LogP contribution in [-0.4, -0.2) is 30.7 Å². The zero-order chi connectivity index (χ0) is 24.3. The molecule has 0 aromatic rings. The van der Waals surface area contributed by atoms with Gasteiger partial charge in [0.1, 0.15) is 0 Å². The van der Waals surface area contributed by atoms with E-state index in [9.17, 15) is 0 Å². The van der Waals surface area contributed by atoms with Crippen molar-refractivity contribution in [3.05, 3.63) is 0 Å². The normalized spacial score (nSPS) is 11.6. The first-order chi connectivity index (χ1) is 16.2. The van der Waals surface area contributed by atoms with Gasteiger partial charge in [-0.25, -0.2) is 0 Å². The maximum Gasteiger partial charge on any atom is 0.0786 e. The molecule has 34 heavy (non-hydrogen) atoms. The summed E-state index contributed by atoms with van der Waals surface area (Å²) in [6.45, 7) is 15.2. The van der Waals surface area contributed by atoms with Crippen molar-refractivity contribution in [2.75, 3.05) is 26.2 Å². The van der Waals surface area contributed by atoms with Crippen molar-refractivity contribution in [1.29, 1.82) is 0 Å². The summed E-state index contributed by atoms with van der Waals surface area (Å²) >= 11 is 0. The minimum Gasteiger partial charge on any atom is -1.00 e. The number of hydrogen-bond acceptors (Lipinski definition) is 0. The van der Waals surface area contributed by atoms with Crippen LogP contribution in [0, 0.1) is 0 Å². The van der Waals surface area contributed by atoms with E-state index < -0.39 is 0 Å². The molecule has 0 aromatic carbocycles. The third kappa shape index (κ3) is 24.4. The van der Waals surface area contributed by atoms with Gasteiger partial charge in [-0.3, -0.25) is 0 Å². The van der Waals surface area contributed by atoms with Crippen molar-refractivity contribution >= 4 is 0 Å². The maximum atomic E-state index is 2.35. The zero-order valence-corrected chi connectivity index (χ0v) is 26.8. The minimum absolute atomic E-state index is 0. The third-order valence-corrected chi connectivity index (χ3v) is 7.94. The summed E-state index contributed by atoms with van der Waals surface area (Å²) < 4.78 is 1.47. The first kappa shape index (κ1) is 36.8. The fraction of sp³-hybridized carbons (Fsp3) is 1.00. The molecular weight excluding hydrogens is 525 g/mol. The molecule has 0 unspecified atom stereocenters. The number of nitrogens with zero attached hydrogens (tertiary/aromatic N) is 1. The van der Waals surface area contributed by atoms with Crippen molar-refractivity contribution in [1.82, 2.24) is 0 Å². The van der Waals surface area contributed by atoms with E-state index in [0.717, 1.165) is 0 Å². The van der Waals surface area contributed by atoms with Crippen LogP contribution in [0.15, 0.2) is 0 Å². The van der Waals surface area contributed by atoms with Gasteiger partial charge in [0.25, 0.3) is 0 Å². The summed E-state index contributed by atoms with van der Waals surface area (Å²) in [7, 11) is 0. The first-order valence-electron chi connectivity index (χ1n) is 16.1. The molecule has 0 aliphatic heterocycles. The average molecular weight is 594 g/mol. The van der Waals surface area contributed by atoms with Crippen LogP contribution in [0.1, 0.15) is 182 Å². The highest BCUT2D eigenvalue weighted by atomic mass is 127. The largest absolute Gasteiger partial charge is 1.00 e. The highest BCUT2D eigenvalue weighted by molar-refractivity contribution is 4.54. The lowest BCUT2D eigenvalue weighted by Crippen LogP contribution is -3.00. The van der Waals surface area contributed by atoms with Crippen molar-refractivity contribution in [3.8, 4) is 0 Å². The minimum atomic E-state index is 0. The van der Waals surface area contributed by atoms with E-state index in [-0.39, 0.29) is 24.0 Å². The quantitative estimate of drug-likeness (QED) is 0.0487. The molecular formula is C32H68IN. The van der Waals surface area contributed by atoms with E-state index in [1.807, 2.05) is 0 Å². The second-order valence-electron chi connectivity index (χ2n) is 11.3. The van der Waals surface area contributed by atoms with Gasteiger partial charge in [0.05, 0.1) is 26.2 Å². The molecule has 0 radical (unpaired) electrons. The second-order valence-corrected chi connectivity index (χ2v) is 11.3. The van der Waals surface area contributed by atoms with Gasteiger partial charge in [-0.15, -0.1) is 0 Å². The van der Waals surface area contributed by atoms with Gasteiger partial charge in [0, 0.05) is 0 Å². The summed E-state index contributed by atoms with van der Waals surface area (Å²) in [6, 6.07) is 0. The Hall–Kier alpha value is 0.690. The molecule has 0 aliphatic carbocycles. The van der Waals surface area contributed by atoms with Crippen molar-refractivity contribution < 1.29 is 28.5 Å². The second kappa shape index (κ2) is 29.9. The van der Waals surface area contributed by atoms with Gasteiger partial charge in [-0.05, 0) is 51.4 Å². The molecule has 0 aliphatic rings. The summed E-state index contributed by atoms with van der Waals surface area (Å²) in [5.41, 5.74) is 0. The maximum absolute atomic E-state index is 2.35. The van der Waals surface area contributed by atoms with E-state index >= 15 is 0 Å². The van der Waals surface area contributed by atoms with Crippen molar-refractivity contribution in [3.63, 3.8) is 0 Å². The average Bonchev–Trinajstić information content (AvgIpc) is 2.83. The van der Waals surface area contributed by atoms with E-state index in [2.05, 4.69) is 27.7 Å². The van der Waals surface area contributed by atoms with Gasteiger partial charge in [-0.2, -0.15) is 0 Å². The highest BCUT2D eigenvalue weighted by Gasteiger charge is 2.25. The summed E-state index contributed by atoms with van der Waals surface area (Å²) in [5, 5.41) is 0. The van der Waals surface area contributed by atoms with Crippen LogP contribution in [0.5, 0.6) is 0 Å². The standard InChI is InChI=1S/C32H68N.HI/c1-5-9-13-17-18-19-20-21-22-23-24-28-32-33(29-25-14-10-6-2,30-26-15-11-7-3)31-27-16-12-8-4;/h5-32H2,1-4H3;1H/q+1;/p-1. The third-order valence-electron chi connectivity index (χ3n) is 7.94. The molecule has 0 rings (SSSR count). The lowest BCUT2D eigenvalue weighted by Gasteiger charge is -2.39. The molecule has 0 saturated carbocycles. The van der Waals surface area contributed by atoms with E-state index in [4.69, 9.17) is 0 Å². The summed E-state index contributed by atoms with van der Waals surface area (Å²) in [5.74, 6) is 0. The monoisotopic (exact) mass is 593 g/mol. The number of hydrogen-bond donors (Lipinski definition) is 0. The number of halogens is 1. The van der Waals surface area contributed by atoms with Gasteiger partial charge in [0.15, 0.2) is 0 Å². The summed E-state index contributed by atoms with van der Waals surface area (Å²) in [6.07, 6.45) is 34.8. The lowest BCUT2D eigenvalue weighted by molar-refractivity contribution is -0.929. The van der Waals surface area contributed by atoms with E-state index in [1.165, 1.54) is 185 Å². The fourth-order valence-electron chi connectivity index (χ4n) is 5.58. The van der Waals surface area contributed by atoms with Crippen LogP contribution in [0.2, 0.25) is 0 Å². The predicted molar refractivity (Wildman–Crippen MR) is 153 cm³/mol. The Balaban J connectivity index is 0. The topological polar surface area (TPSA) is 0 Å². The van der Waals surface area contributed by atoms with Gasteiger partial charge in [-0.1, -0.05) is 130 Å². The van der Waals surface area contributed by atoms with Crippen LogP contribution < -0.4 is 24.0 Å². The Morgan fingerprint density at radius 3 is 0.676 bits per heavy atom. The predicted octanol–water partition coefficient (Wildman–Crippen LogP) is 8.25. The molecule has 0 spiro atoms. The molecule has 1 nitrogen and oxygen atoms in total. The molecule has 0 bridgehead atoms. The van der Waals surface area contributed by atoms with Crippen LogP contribution in [-0.2, 0) is 0 Å². The van der Waals surface area contributed by atoms with Crippen LogP contribution in [0.4, 0.5) is 0 Å². The first-order valence-corrected chi connectivity index (χ1v) is 16.1. The SMILES string of the molecule is CCCCCCCCCCCCCC[N+](CCCCCC)(CCCCCC)CCCCCC.[I-]. The van der Waals surface area contributed by atoms with Gasteiger partial charge in [0.2, 0.25) is 0 Å². The van der Waals surface area contributed by atoms with Crippen LogP contribution in [0.25, 0.3) is 0 Å². The molecule has 0 aromatic heterocycles. The Morgan fingerprint density at radius 1 is 0.265 bits per heavy atom. The Bertz CT molecular complexity index is 326. The van der Waals surface area contributed by atoms with Crippen LogP contribution >= 0.6 is 0 Å². The lowest BCUT2D eigenvalue weighted by atomic mass is 10.0. The van der Waals surface area contributed by atoms with Crippen molar-refractivity contribution in [2.24, 2.45) is 0 Å². The van der Waals surface area contributed by atoms with Gasteiger partial charge < -0.3 is 28.5 Å². The van der Waals surface area contributed by atoms with Gasteiger partial charge >= 0.3 is 0 Å². The molecule has 0 atom stereocenters. The molecule has 0 N–H and O–H groups in total. The van der Waals surface area contributed by atoms with E-state index in [1.54, 1.807) is 0 Å². The number of rotatable bonds is 28. The molecule has 0 saturated heterocycles. The molecule has 0 amide bonds. The Morgan fingerprint density at radius 2 is 0.441 bits per heavy atom. The molecule has 0 fully saturated rings. The molecule has 208 valence electrons. The summed E-state index contributed by atoms with van der Waals surface area (Å²) in [4.78, 5) is 0. The fourth-order valence-corrected chi connectivity index (χ4v) is 5.58. The number of quaternary nitrogens is 1. The Labute approximate surface area is 235 Å². The smallest absolute Gasteiger partial charge is 0.0786 e. The van der Waals surface area contributed by atoms with E-state index in [0.29, 0.717) is 0 Å². The van der Waals surface area contributed by atoms with Crippen molar-refractivity contribution in [2.45, 2.75) is 182 Å². The molecule has 2 heteroatoms. The van der Waals surface area contributed by atoms with Crippen LogP contribution in [0.3, 0.4) is 0 Å². The molecule has 0 heterocycles.